The number of carbonyl (C=O) groups excluding carboxylic acids is 2. The van der Waals surface area contributed by atoms with E-state index in [2.05, 4.69) is 0 Å². The Kier molecular flexibility index (Phi) is 4.78. The summed E-state index contributed by atoms with van der Waals surface area (Å²) in [5, 5.41) is 10.5. The van der Waals surface area contributed by atoms with E-state index in [0.29, 0.717) is 19.1 Å². The first-order chi connectivity index (χ1) is 8.45. The highest BCUT2D eigenvalue weighted by molar-refractivity contribution is 5.62. The molecule has 3 atom stereocenters. The molecular formula is C12H18O6. The van der Waals surface area contributed by atoms with Gasteiger partial charge >= 0.3 is 0 Å². The molecule has 0 aromatic heterocycles. The first-order valence-corrected chi connectivity index (χ1v) is 5.75. The van der Waals surface area contributed by atoms with Gasteiger partial charge in [0.15, 0.2) is 6.29 Å². The van der Waals surface area contributed by atoms with E-state index in [1.165, 1.54) is 14.0 Å². The van der Waals surface area contributed by atoms with Crippen molar-refractivity contribution in [3.8, 4) is 0 Å². The molecule has 0 aromatic rings. The topological polar surface area (TPSA) is 82.1 Å². The lowest BCUT2D eigenvalue weighted by Crippen LogP contribution is -2.44. The zero-order valence-corrected chi connectivity index (χ0v) is 10.8. The number of aldehydes is 1. The van der Waals surface area contributed by atoms with Crippen molar-refractivity contribution in [1.29, 1.82) is 0 Å². The molecule has 102 valence electrons. The maximum absolute atomic E-state index is 10.9. The van der Waals surface area contributed by atoms with Crippen molar-refractivity contribution in [2.45, 2.75) is 44.4 Å². The standard InChI is InChI=1S/C12H18O6/c1-4-5-10-12(15,9(6-13)7-16-3)18-11(2,8-14)17-10/h8,10,15H,4-5,7H2,1-3H3. The molecule has 1 saturated heterocycles. The molecule has 1 rings (SSSR count). The average molecular weight is 258 g/mol. The fourth-order valence-corrected chi connectivity index (χ4v) is 1.94. The molecule has 0 saturated carbocycles. The van der Waals surface area contributed by atoms with Gasteiger partial charge in [-0.15, -0.1) is 0 Å². The van der Waals surface area contributed by atoms with Crippen LogP contribution in [0.2, 0.25) is 0 Å². The quantitative estimate of drug-likeness (QED) is 0.541. The fourth-order valence-electron chi connectivity index (χ4n) is 1.94. The van der Waals surface area contributed by atoms with Gasteiger partial charge in [0, 0.05) is 7.11 Å². The van der Waals surface area contributed by atoms with E-state index in [1.807, 2.05) is 6.92 Å². The molecule has 0 bridgehead atoms. The van der Waals surface area contributed by atoms with Gasteiger partial charge in [0.05, 0.1) is 6.61 Å². The fraction of sp³-hybridized carbons (Fsp3) is 0.750. The van der Waals surface area contributed by atoms with Gasteiger partial charge in [0.2, 0.25) is 11.6 Å². The third kappa shape index (κ3) is 2.68. The number of carbonyl (C=O) groups is 1. The average Bonchev–Trinajstić information content (AvgIpc) is 2.60. The van der Waals surface area contributed by atoms with Crippen molar-refractivity contribution < 1.29 is 28.9 Å². The Labute approximate surface area is 106 Å². The Morgan fingerprint density at radius 2 is 2.28 bits per heavy atom. The second-order valence-electron chi connectivity index (χ2n) is 4.34. The van der Waals surface area contributed by atoms with Crippen LogP contribution in [0.1, 0.15) is 26.7 Å². The normalized spacial score (nSPS) is 35.2. The molecule has 6 nitrogen and oxygen atoms in total. The molecule has 3 unspecified atom stereocenters. The van der Waals surface area contributed by atoms with Crippen molar-refractivity contribution in [3.63, 3.8) is 0 Å². The van der Waals surface area contributed by atoms with Gasteiger partial charge in [0.25, 0.3) is 0 Å². The summed E-state index contributed by atoms with van der Waals surface area (Å²) in [4.78, 5) is 21.8. The molecule has 0 amide bonds. The Morgan fingerprint density at radius 3 is 2.72 bits per heavy atom. The predicted molar refractivity (Wildman–Crippen MR) is 61.4 cm³/mol. The summed E-state index contributed by atoms with van der Waals surface area (Å²) >= 11 is 0. The second kappa shape index (κ2) is 5.73. The van der Waals surface area contributed by atoms with E-state index < -0.39 is 17.7 Å². The number of methoxy groups -OCH3 is 1. The molecular weight excluding hydrogens is 240 g/mol. The summed E-state index contributed by atoms with van der Waals surface area (Å²) in [6, 6.07) is 0. The molecule has 6 heteroatoms. The maximum atomic E-state index is 10.9. The van der Waals surface area contributed by atoms with Crippen LogP contribution in [-0.2, 0) is 23.8 Å². The summed E-state index contributed by atoms with van der Waals surface area (Å²) in [5.41, 5.74) is -0.117. The number of hydrogen-bond donors (Lipinski definition) is 1. The number of ether oxygens (including phenoxy) is 3. The van der Waals surface area contributed by atoms with Crippen LogP contribution >= 0.6 is 0 Å². The minimum Gasteiger partial charge on any atom is -0.379 e. The van der Waals surface area contributed by atoms with Crippen LogP contribution in [0.4, 0.5) is 0 Å². The second-order valence-corrected chi connectivity index (χ2v) is 4.34. The lowest BCUT2D eigenvalue weighted by molar-refractivity contribution is -0.212. The number of hydrogen-bond acceptors (Lipinski definition) is 6. The predicted octanol–water partition coefficient (Wildman–Crippen LogP) is 0.210. The molecule has 1 aliphatic rings. The largest absolute Gasteiger partial charge is 0.379 e. The summed E-state index contributed by atoms with van der Waals surface area (Å²) in [7, 11) is 1.38. The van der Waals surface area contributed by atoms with Crippen LogP contribution in [0.3, 0.4) is 0 Å². The van der Waals surface area contributed by atoms with E-state index >= 15 is 0 Å². The van der Waals surface area contributed by atoms with E-state index in [4.69, 9.17) is 14.2 Å². The van der Waals surface area contributed by atoms with Crippen molar-refractivity contribution in [1.82, 2.24) is 0 Å². The zero-order valence-electron chi connectivity index (χ0n) is 10.8. The monoisotopic (exact) mass is 258 g/mol. The van der Waals surface area contributed by atoms with Crippen LogP contribution in [0, 0.1) is 0 Å². The smallest absolute Gasteiger partial charge is 0.231 e. The molecule has 0 aliphatic carbocycles. The van der Waals surface area contributed by atoms with Gasteiger partial charge < -0.3 is 19.3 Å². The van der Waals surface area contributed by atoms with E-state index in [-0.39, 0.29) is 12.2 Å². The Bertz CT molecular complexity index is 362. The highest BCUT2D eigenvalue weighted by Crippen LogP contribution is 2.39. The molecule has 0 aromatic carbocycles. The van der Waals surface area contributed by atoms with Crippen molar-refractivity contribution in [2.24, 2.45) is 0 Å². The van der Waals surface area contributed by atoms with Crippen LogP contribution in [-0.4, -0.2) is 48.7 Å². The third-order valence-electron chi connectivity index (χ3n) is 2.78. The number of rotatable bonds is 6. The van der Waals surface area contributed by atoms with E-state index in [9.17, 15) is 14.7 Å². The summed E-state index contributed by atoms with van der Waals surface area (Å²) < 4.78 is 15.4. The zero-order chi connectivity index (χ0) is 13.8. The van der Waals surface area contributed by atoms with Crippen molar-refractivity contribution >= 4 is 12.2 Å². The summed E-state index contributed by atoms with van der Waals surface area (Å²) in [5.74, 6) is -1.93. The molecule has 0 radical (unpaired) electrons. The maximum Gasteiger partial charge on any atom is 0.231 e. The van der Waals surface area contributed by atoms with Crippen molar-refractivity contribution in [3.05, 3.63) is 5.57 Å². The van der Waals surface area contributed by atoms with Crippen molar-refractivity contribution in [2.75, 3.05) is 13.7 Å². The highest BCUT2D eigenvalue weighted by Gasteiger charge is 2.56. The van der Waals surface area contributed by atoms with Gasteiger partial charge in [-0.25, -0.2) is 4.79 Å². The first-order valence-electron chi connectivity index (χ1n) is 5.75. The van der Waals surface area contributed by atoms with Gasteiger partial charge in [0.1, 0.15) is 17.6 Å². The van der Waals surface area contributed by atoms with Crippen LogP contribution < -0.4 is 0 Å². The van der Waals surface area contributed by atoms with Gasteiger partial charge in [-0.1, -0.05) is 13.3 Å². The van der Waals surface area contributed by atoms with Crippen LogP contribution in [0.15, 0.2) is 5.57 Å². The molecule has 1 fully saturated rings. The van der Waals surface area contributed by atoms with Gasteiger partial charge in [-0.05, 0) is 13.3 Å². The third-order valence-corrected chi connectivity index (χ3v) is 2.78. The molecule has 18 heavy (non-hydrogen) atoms. The Balaban J connectivity index is 3.08. The first kappa shape index (κ1) is 15.0. The van der Waals surface area contributed by atoms with Crippen LogP contribution in [0.5, 0.6) is 0 Å². The Morgan fingerprint density at radius 1 is 1.61 bits per heavy atom. The lowest BCUT2D eigenvalue weighted by Gasteiger charge is -2.27. The summed E-state index contributed by atoms with van der Waals surface area (Å²) in [6.45, 7) is 3.13. The van der Waals surface area contributed by atoms with Gasteiger partial charge in [-0.3, -0.25) is 4.79 Å². The Hall–Kier alpha value is -1.04. The summed E-state index contributed by atoms with van der Waals surface area (Å²) in [6.07, 6.45) is 0.784. The van der Waals surface area contributed by atoms with E-state index in [0.717, 1.165) is 0 Å². The molecule has 0 spiro atoms. The highest BCUT2D eigenvalue weighted by atomic mass is 16.8. The van der Waals surface area contributed by atoms with Gasteiger partial charge in [-0.2, -0.15) is 0 Å². The minimum atomic E-state index is -1.97. The lowest BCUT2D eigenvalue weighted by atomic mass is 9.98. The molecule has 1 N–H and O–H groups in total. The molecule has 1 aliphatic heterocycles. The molecule has 1 heterocycles. The number of aliphatic hydroxyl groups is 1. The van der Waals surface area contributed by atoms with Crippen LogP contribution in [0.25, 0.3) is 0 Å². The minimum absolute atomic E-state index is 0.117. The van der Waals surface area contributed by atoms with E-state index in [1.54, 1.807) is 5.94 Å². The SMILES string of the molecule is CCCC1OC(C)(C=O)OC1(O)C(=C=O)COC.